The molecule has 2 aliphatic rings. The summed E-state index contributed by atoms with van der Waals surface area (Å²) < 4.78 is 14.3. The number of aryl methyl sites for hydroxylation is 1. The summed E-state index contributed by atoms with van der Waals surface area (Å²) in [6.07, 6.45) is 8.31. The molecule has 2 atom stereocenters. The van der Waals surface area contributed by atoms with Crippen LogP contribution in [0.15, 0.2) is 12.3 Å². The smallest absolute Gasteiger partial charge is 0.0969 e. The number of thiophene rings is 1. The van der Waals surface area contributed by atoms with E-state index in [0.717, 1.165) is 70.5 Å². The lowest BCUT2D eigenvalue weighted by Crippen LogP contribution is -2.50. The van der Waals surface area contributed by atoms with Crippen LogP contribution >= 0.6 is 11.3 Å². The number of methoxy groups -OCH3 is 1. The first-order valence-corrected chi connectivity index (χ1v) is 12.7. The number of hydrogen-bond acceptors (Lipinski definition) is 6. The van der Waals surface area contributed by atoms with Gasteiger partial charge in [-0.3, -0.25) is 4.90 Å². The Labute approximate surface area is 190 Å². The lowest BCUT2D eigenvalue weighted by Gasteiger charge is -2.47. The molecule has 0 bridgehead atoms. The standard InChI is InChI=1S/C24H38N4O2S/c1-6-20-13-21-22(31-20)9-12-30-24(21)10-11-27(18(4)14-24)15-19-16-28(26-25-19)17-23(7-2,8-3)29-5/h13,16,18H,6-12,14-15,17H2,1-5H3/t18-,24+/m0/s1. The maximum absolute atomic E-state index is 6.49. The van der Waals surface area contributed by atoms with E-state index in [1.807, 2.05) is 16.0 Å². The fraction of sp³-hybridized carbons (Fsp3) is 0.750. The van der Waals surface area contributed by atoms with Gasteiger partial charge in [0.1, 0.15) is 0 Å². The molecule has 6 nitrogen and oxygen atoms in total. The van der Waals surface area contributed by atoms with Gasteiger partial charge in [-0.25, -0.2) is 4.68 Å². The van der Waals surface area contributed by atoms with Crippen molar-refractivity contribution in [2.45, 2.75) is 96.6 Å². The highest BCUT2D eigenvalue weighted by Crippen LogP contribution is 2.46. The van der Waals surface area contributed by atoms with Gasteiger partial charge in [-0.1, -0.05) is 26.0 Å². The normalized spacial score (nSPS) is 24.6. The summed E-state index contributed by atoms with van der Waals surface area (Å²) in [5.41, 5.74) is 2.26. The molecule has 0 radical (unpaired) electrons. The Hall–Kier alpha value is -1.28. The van der Waals surface area contributed by atoms with Gasteiger partial charge < -0.3 is 9.47 Å². The topological polar surface area (TPSA) is 52.4 Å². The highest BCUT2D eigenvalue weighted by Gasteiger charge is 2.44. The number of rotatable bonds is 8. The van der Waals surface area contributed by atoms with Gasteiger partial charge in [0.25, 0.3) is 0 Å². The third-order valence-electron chi connectivity index (χ3n) is 7.58. The molecule has 1 fully saturated rings. The van der Waals surface area contributed by atoms with Gasteiger partial charge in [-0.2, -0.15) is 0 Å². The van der Waals surface area contributed by atoms with Crippen LogP contribution in [0.25, 0.3) is 0 Å². The lowest BCUT2D eigenvalue weighted by atomic mass is 9.79. The van der Waals surface area contributed by atoms with Gasteiger partial charge in [-0.05, 0) is 50.7 Å². The van der Waals surface area contributed by atoms with Gasteiger partial charge in [0.15, 0.2) is 0 Å². The molecule has 0 aromatic carbocycles. The van der Waals surface area contributed by atoms with Gasteiger partial charge in [0.2, 0.25) is 0 Å². The zero-order chi connectivity index (χ0) is 22.1. The van der Waals surface area contributed by atoms with E-state index in [1.54, 1.807) is 12.0 Å². The summed E-state index contributed by atoms with van der Waals surface area (Å²) in [6.45, 7) is 12.4. The molecule has 4 heterocycles. The summed E-state index contributed by atoms with van der Waals surface area (Å²) in [6, 6.07) is 2.87. The predicted molar refractivity (Wildman–Crippen MR) is 124 cm³/mol. The number of fused-ring (bicyclic) bond motifs is 2. The van der Waals surface area contributed by atoms with Crippen molar-refractivity contribution in [1.82, 2.24) is 19.9 Å². The molecule has 7 heteroatoms. The second kappa shape index (κ2) is 9.30. The Balaban J connectivity index is 1.42. The predicted octanol–water partition coefficient (Wildman–Crippen LogP) is 4.56. The van der Waals surface area contributed by atoms with Crippen molar-refractivity contribution < 1.29 is 9.47 Å². The van der Waals surface area contributed by atoms with Crippen molar-refractivity contribution in [2.75, 3.05) is 20.3 Å². The number of piperidine rings is 1. The van der Waals surface area contributed by atoms with Crippen LogP contribution in [0.3, 0.4) is 0 Å². The summed E-state index contributed by atoms with van der Waals surface area (Å²) in [4.78, 5) is 5.58. The number of aromatic nitrogens is 3. The van der Waals surface area contributed by atoms with Crippen LogP contribution < -0.4 is 0 Å². The monoisotopic (exact) mass is 446 g/mol. The average Bonchev–Trinajstić information content (AvgIpc) is 3.41. The second-order valence-corrected chi connectivity index (χ2v) is 10.5. The Morgan fingerprint density at radius 1 is 1.32 bits per heavy atom. The van der Waals surface area contributed by atoms with Crippen molar-refractivity contribution >= 4 is 11.3 Å². The third-order valence-corrected chi connectivity index (χ3v) is 8.92. The molecule has 1 spiro atoms. The van der Waals surface area contributed by atoms with Crippen molar-refractivity contribution in [2.24, 2.45) is 0 Å². The second-order valence-electron chi connectivity index (χ2n) is 9.27. The molecule has 2 aliphatic heterocycles. The highest BCUT2D eigenvalue weighted by atomic mass is 32.1. The van der Waals surface area contributed by atoms with Gasteiger partial charge in [-0.15, -0.1) is 16.4 Å². The van der Waals surface area contributed by atoms with E-state index in [2.05, 4.69) is 55.2 Å². The number of likely N-dealkylation sites (tertiary alicyclic amines) is 1. The first kappa shape index (κ1) is 22.9. The highest BCUT2D eigenvalue weighted by molar-refractivity contribution is 7.12. The van der Waals surface area contributed by atoms with Crippen LogP contribution in [0, 0.1) is 0 Å². The summed E-state index contributed by atoms with van der Waals surface area (Å²) in [5, 5.41) is 8.87. The molecule has 2 aromatic heterocycles. The van der Waals surface area contributed by atoms with Crippen molar-refractivity contribution in [3.05, 3.63) is 33.3 Å². The van der Waals surface area contributed by atoms with Gasteiger partial charge in [0, 0.05) is 48.6 Å². The van der Waals surface area contributed by atoms with Gasteiger partial charge >= 0.3 is 0 Å². The summed E-state index contributed by atoms with van der Waals surface area (Å²) in [5.74, 6) is 0. The molecule has 0 amide bonds. The fourth-order valence-electron chi connectivity index (χ4n) is 5.33. The largest absolute Gasteiger partial charge is 0.376 e. The van der Waals surface area contributed by atoms with Crippen LogP contribution in [-0.4, -0.2) is 51.8 Å². The number of nitrogens with zero attached hydrogens (tertiary/aromatic N) is 4. The van der Waals surface area contributed by atoms with Crippen molar-refractivity contribution in [3.8, 4) is 0 Å². The molecule has 1 saturated heterocycles. The minimum Gasteiger partial charge on any atom is -0.376 e. The Morgan fingerprint density at radius 2 is 2.13 bits per heavy atom. The zero-order valence-electron chi connectivity index (χ0n) is 19.8. The molecule has 4 rings (SSSR count). The van der Waals surface area contributed by atoms with Crippen LogP contribution in [0.1, 0.15) is 74.4 Å². The zero-order valence-corrected chi connectivity index (χ0v) is 20.6. The molecular weight excluding hydrogens is 408 g/mol. The quantitative estimate of drug-likeness (QED) is 0.595. The van der Waals surface area contributed by atoms with Crippen LogP contribution in [0.5, 0.6) is 0 Å². The molecule has 172 valence electrons. The minimum absolute atomic E-state index is 0.0919. The van der Waals surface area contributed by atoms with Gasteiger partial charge in [0.05, 0.1) is 30.0 Å². The summed E-state index contributed by atoms with van der Waals surface area (Å²) >= 11 is 2.00. The van der Waals surface area contributed by atoms with E-state index < -0.39 is 0 Å². The number of ether oxygens (including phenoxy) is 2. The maximum atomic E-state index is 6.49. The average molecular weight is 447 g/mol. The maximum Gasteiger partial charge on any atom is 0.0969 e. The van der Waals surface area contributed by atoms with Crippen LogP contribution in [0.4, 0.5) is 0 Å². The van der Waals surface area contributed by atoms with E-state index in [-0.39, 0.29) is 11.2 Å². The Morgan fingerprint density at radius 3 is 2.81 bits per heavy atom. The lowest BCUT2D eigenvalue weighted by molar-refractivity contribution is -0.112. The van der Waals surface area contributed by atoms with Crippen LogP contribution in [0.2, 0.25) is 0 Å². The molecule has 2 aromatic rings. The van der Waals surface area contributed by atoms with Crippen molar-refractivity contribution in [1.29, 1.82) is 0 Å². The van der Waals surface area contributed by atoms with E-state index in [1.165, 1.54) is 10.4 Å². The van der Waals surface area contributed by atoms with E-state index in [9.17, 15) is 0 Å². The van der Waals surface area contributed by atoms with E-state index >= 15 is 0 Å². The van der Waals surface area contributed by atoms with E-state index in [0.29, 0.717) is 6.04 Å². The molecule has 0 unspecified atom stereocenters. The molecule has 31 heavy (non-hydrogen) atoms. The molecule has 0 saturated carbocycles. The molecular formula is C24H38N4O2S. The minimum atomic E-state index is -0.163. The van der Waals surface area contributed by atoms with Crippen LogP contribution in [-0.2, 0) is 41.0 Å². The summed E-state index contributed by atoms with van der Waals surface area (Å²) in [7, 11) is 1.80. The SMILES string of the molecule is CCc1cc2c(s1)CCO[C@@]21CCN(Cc2cn(CC(CC)(CC)OC)nn2)[C@@H](C)C1. The Kier molecular flexibility index (Phi) is 6.87. The van der Waals surface area contributed by atoms with E-state index in [4.69, 9.17) is 9.47 Å². The number of hydrogen-bond donors (Lipinski definition) is 0. The molecule has 0 N–H and O–H groups in total. The fourth-order valence-corrected chi connectivity index (χ4v) is 6.51. The Bertz CT molecular complexity index is 867. The first-order chi connectivity index (χ1) is 15.0. The molecule has 0 aliphatic carbocycles. The van der Waals surface area contributed by atoms with Crippen molar-refractivity contribution in [3.63, 3.8) is 0 Å². The third kappa shape index (κ3) is 4.47. The first-order valence-electron chi connectivity index (χ1n) is 11.9.